The Morgan fingerprint density at radius 1 is 1.27 bits per heavy atom. The van der Waals surface area contributed by atoms with Crippen LogP contribution in [0.25, 0.3) is 0 Å². The van der Waals surface area contributed by atoms with Gasteiger partial charge in [-0.25, -0.2) is 0 Å². The van der Waals surface area contributed by atoms with Crippen LogP contribution in [-0.2, 0) is 9.53 Å². The molecular formula is C12H21IO2. The van der Waals surface area contributed by atoms with Crippen LogP contribution in [0.5, 0.6) is 0 Å². The number of carbonyl (C=O) groups is 1. The molecule has 0 fully saturated rings. The highest BCUT2D eigenvalue weighted by atomic mass is 127. The molecule has 0 aromatic heterocycles. The van der Waals surface area contributed by atoms with E-state index in [0.717, 1.165) is 10.0 Å². The summed E-state index contributed by atoms with van der Waals surface area (Å²) >= 11 is 2.22. The Morgan fingerprint density at radius 2 is 2.00 bits per heavy atom. The van der Waals surface area contributed by atoms with Crippen molar-refractivity contribution in [1.29, 1.82) is 0 Å². The molecule has 0 bridgehead atoms. The Labute approximate surface area is 107 Å². The number of rotatable bonds is 8. The van der Waals surface area contributed by atoms with E-state index < -0.39 is 0 Å². The Hall–Kier alpha value is -0.0600. The second-order valence-corrected chi connectivity index (χ2v) is 4.87. The van der Waals surface area contributed by atoms with E-state index in [1.807, 2.05) is 6.92 Å². The summed E-state index contributed by atoms with van der Waals surface area (Å²) in [6.07, 6.45) is 8.75. The zero-order chi connectivity index (χ0) is 11.5. The van der Waals surface area contributed by atoms with E-state index in [1.54, 1.807) is 0 Å². The molecule has 15 heavy (non-hydrogen) atoms. The summed E-state index contributed by atoms with van der Waals surface area (Å²) in [5, 5.41) is 0. The third kappa shape index (κ3) is 10.2. The molecule has 0 atom stereocenters. The van der Waals surface area contributed by atoms with Crippen molar-refractivity contribution in [3.05, 3.63) is 9.66 Å². The van der Waals surface area contributed by atoms with Gasteiger partial charge in [-0.05, 0) is 45.9 Å². The molecule has 0 aliphatic heterocycles. The van der Waals surface area contributed by atoms with E-state index in [0.29, 0.717) is 13.0 Å². The molecule has 0 N–H and O–H groups in total. The highest BCUT2D eigenvalue weighted by Crippen LogP contribution is 2.14. The van der Waals surface area contributed by atoms with Gasteiger partial charge in [-0.15, -0.1) is 0 Å². The predicted octanol–water partition coefficient (Wildman–Crippen LogP) is 4.23. The van der Waals surface area contributed by atoms with Gasteiger partial charge in [-0.1, -0.05) is 32.3 Å². The first-order valence-electron chi connectivity index (χ1n) is 5.70. The summed E-state index contributed by atoms with van der Waals surface area (Å²) in [5.41, 5.74) is 0. The molecule has 0 aliphatic rings. The van der Waals surface area contributed by atoms with Gasteiger partial charge in [0.25, 0.3) is 0 Å². The molecule has 0 heterocycles. The lowest BCUT2D eigenvalue weighted by molar-refractivity contribution is -0.142. The van der Waals surface area contributed by atoms with Crippen LogP contribution in [0.3, 0.4) is 0 Å². The van der Waals surface area contributed by atoms with Crippen molar-refractivity contribution >= 4 is 28.6 Å². The maximum absolute atomic E-state index is 11.1. The summed E-state index contributed by atoms with van der Waals surface area (Å²) in [4.78, 5) is 11.1. The van der Waals surface area contributed by atoms with Crippen molar-refractivity contribution in [3.63, 3.8) is 0 Å². The van der Waals surface area contributed by atoms with Crippen LogP contribution < -0.4 is 0 Å². The van der Waals surface area contributed by atoms with Gasteiger partial charge >= 0.3 is 5.97 Å². The summed E-state index contributed by atoms with van der Waals surface area (Å²) in [6, 6.07) is 0. The molecule has 0 unspecified atom stereocenters. The summed E-state index contributed by atoms with van der Waals surface area (Å²) in [6.45, 7) is 4.51. The first-order valence-corrected chi connectivity index (χ1v) is 6.78. The van der Waals surface area contributed by atoms with Gasteiger partial charge in [0, 0.05) is 0 Å². The molecule has 0 spiro atoms. The van der Waals surface area contributed by atoms with Crippen LogP contribution in [-0.4, -0.2) is 12.6 Å². The molecule has 0 aromatic rings. The highest BCUT2D eigenvalue weighted by Gasteiger charge is 2.02. The van der Waals surface area contributed by atoms with Crippen LogP contribution in [0.2, 0.25) is 0 Å². The van der Waals surface area contributed by atoms with Crippen LogP contribution in [0, 0.1) is 0 Å². The number of unbranched alkanes of at least 4 members (excludes halogenated alkanes) is 4. The predicted molar refractivity (Wildman–Crippen MR) is 72.1 cm³/mol. The third-order valence-corrected chi connectivity index (χ3v) is 2.86. The fourth-order valence-electron chi connectivity index (χ4n) is 1.25. The van der Waals surface area contributed by atoms with E-state index in [2.05, 4.69) is 35.6 Å². The van der Waals surface area contributed by atoms with Crippen molar-refractivity contribution in [2.45, 2.75) is 52.4 Å². The second-order valence-electron chi connectivity index (χ2n) is 3.48. The Bertz CT molecular complexity index is 200. The van der Waals surface area contributed by atoms with Crippen molar-refractivity contribution in [3.8, 4) is 0 Å². The summed E-state index contributed by atoms with van der Waals surface area (Å²) in [5.74, 6) is -0.119. The average molecular weight is 324 g/mol. The standard InChI is InChI=1S/C12H21IO2/c1-3-5-6-7-8-9-11(13)10-12(14)15-4-2/h9H,3-8,10H2,1-2H3/b11-9+. The molecular weight excluding hydrogens is 303 g/mol. The first kappa shape index (κ1) is 14.9. The quantitative estimate of drug-likeness (QED) is 0.379. The van der Waals surface area contributed by atoms with Crippen molar-refractivity contribution in [2.24, 2.45) is 0 Å². The molecule has 0 saturated heterocycles. The minimum absolute atomic E-state index is 0.119. The zero-order valence-electron chi connectivity index (χ0n) is 9.72. The van der Waals surface area contributed by atoms with E-state index >= 15 is 0 Å². The number of allylic oxidation sites excluding steroid dienone is 1. The van der Waals surface area contributed by atoms with Gasteiger partial charge in [-0.2, -0.15) is 0 Å². The Balaban J connectivity index is 3.55. The zero-order valence-corrected chi connectivity index (χ0v) is 11.9. The van der Waals surface area contributed by atoms with Gasteiger partial charge < -0.3 is 4.74 Å². The monoisotopic (exact) mass is 324 g/mol. The topological polar surface area (TPSA) is 26.3 Å². The lowest BCUT2D eigenvalue weighted by Crippen LogP contribution is -2.02. The minimum Gasteiger partial charge on any atom is -0.466 e. The van der Waals surface area contributed by atoms with Gasteiger partial charge in [0.1, 0.15) is 0 Å². The van der Waals surface area contributed by atoms with Gasteiger partial charge in [0.05, 0.1) is 13.0 Å². The number of halogens is 1. The molecule has 0 radical (unpaired) electrons. The highest BCUT2D eigenvalue weighted by molar-refractivity contribution is 14.1. The Morgan fingerprint density at radius 3 is 2.60 bits per heavy atom. The largest absolute Gasteiger partial charge is 0.466 e. The maximum Gasteiger partial charge on any atom is 0.310 e. The first-order chi connectivity index (χ1) is 7.20. The smallest absolute Gasteiger partial charge is 0.310 e. The third-order valence-electron chi connectivity index (χ3n) is 2.04. The SMILES string of the molecule is CCCCCC/C=C(/I)CC(=O)OCC. The molecule has 0 aromatic carbocycles. The number of ether oxygens (including phenoxy) is 1. The number of carbonyl (C=O) groups excluding carboxylic acids is 1. The van der Waals surface area contributed by atoms with Crippen LogP contribution >= 0.6 is 22.6 Å². The van der Waals surface area contributed by atoms with Crippen molar-refractivity contribution in [1.82, 2.24) is 0 Å². The van der Waals surface area contributed by atoms with E-state index in [-0.39, 0.29) is 5.97 Å². The van der Waals surface area contributed by atoms with Crippen LogP contribution in [0.4, 0.5) is 0 Å². The molecule has 2 nitrogen and oxygen atoms in total. The van der Waals surface area contributed by atoms with Crippen LogP contribution in [0.15, 0.2) is 9.66 Å². The van der Waals surface area contributed by atoms with Crippen molar-refractivity contribution in [2.75, 3.05) is 6.61 Å². The number of esters is 1. The average Bonchev–Trinajstić information content (AvgIpc) is 2.17. The molecule has 0 amide bonds. The summed E-state index contributed by atoms with van der Waals surface area (Å²) < 4.78 is 5.97. The maximum atomic E-state index is 11.1. The fourth-order valence-corrected chi connectivity index (χ4v) is 1.87. The lowest BCUT2D eigenvalue weighted by Gasteiger charge is -2.01. The molecule has 0 aliphatic carbocycles. The second kappa shape index (κ2) is 10.5. The fraction of sp³-hybridized carbons (Fsp3) is 0.750. The van der Waals surface area contributed by atoms with Crippen LogP contribution in [0.1, 0.15) is 52.4 Å². The molecule has 88 valence electrons. The molecule has 0 saturated carbocycles. The van der Waals surface area contributed by atoms with E-state index in [9.17, 15) is 4.79 Å². The minimum atomic E-state index is -0.119. The number of hydrogen-bond donors (Lipinski definition) is 0. The van der Waals surface area contributed by atoms with Gasteiger partial charge in [0.2, 0.25) is 0 Å². The van der Waals surface area contributed by atoms with E-state index in [1.165, 1.54) is 25.7 Å². The summed E-state index contributed by atoms with van der Waals surface area (Å²) in [7, 11) is 0. The molecule has 3 heteroatoms. The number of hydrogen-bond acceptors (Lipinski definition) is 2. The van der Waals surface area contributed by atoms with Gasteiger partial charge in [-0.3, -0.25) is 4.79 Å². The normalized spacial score (nSPS) is 11.5. The Kier molecular flexibility index (Phi) is 10.4. The van der Waals surface area contributed by atoms with E-state index in [4.69, 9.17) is 4.74 Å². The lowest BCUT2D eigenvalue weighted by atomic mass is 10.1. The van der Waals surface area contributed by atoms with Crippen molar-refractivity contribution < 1.29 is 9.53 Å². The molecule has 0 rings (SSSR count). The van der Waals surface area contributed by atoms with Gasteiger partial charge in [0.15, 0.2) is 0 Å².